The second kappa shape index (κ2) is 10.5. The van der Waals surface area contributed by atoms with E-state index in [0.717, 1.165) is 48.9 Å². The van der Waals surface area contributed by atoms with Crippen LogP contribution >= 0.6 is 0 Å². The van der Waals surface area contributed by atoms with Gasteiger partial charge in [-0.15, -0.1) is 0 Å². The number of nitrogens with zero attached hydrogens (tertiary/aromatic N) is 4. The summed E-state index contributed by atoms with van der Waals surface area (Å²) in [5.41, 5.74) is 4.56. The zero-order valence-electron chi connectivity index (χ0n) is 17.5. The number of hydrogen-bond acceptors (Lipinski definition) is 4. The van der Waals surface area contributed by atoms with E-state index in [2.05, 4.69) is 65.9 Å². The number of hydrogen-bond donors (Lipinski definition) is 2. The molecule has 0 saturated heterocycles. The van der Waals surface area contributed by atoms with Gasteiger partial charge < -0.3 is 15.2 Å². The molecular weight excluding hydrogens is 364 g/mol. The molecule has 0 unspecified atom stereocenters. The van der Waals surface area contributed by atoms with Crippen LogP contribution in [-0.4, -0.2) is 27.4 Å². The lowest BCUT2D eigenvalue weighted by Gasteiger charge is -2.13. The summed E-state index contributed by atoms with van der Waals surface area (Å²) in [5.74, 6) is 1.72. The molecule has 0 saturated carbocycles. The van der Waals surface area contributed by atoms with Gasteiger partial charge in [-0.1, -0.05) is 43.3 Å². The van der Waals surface area contributed by atoms with Crippen molar-refractivity contribution in [2.75, 3.05) is 6.54 Å². The molecule has 0 aliphatic heterocycles. The molecule has 7 nitrogen and oxygen atoms in total. The van der Waals surface area contributed by atoms with Crippen molar-refractivity contribution < 1.29 is 4.52 Å². The molecule has 0 aliphatic carbocycles. The van der Waals surface area contributed by atoms with Crippen molar-refractivity contribution in [3.63, 3.8) is 0 Å². The van der Waals surface area contributed by atoms with Crippen LogP contribution in [0.25, 0.3) is 0 Å². The van der Waals surface area contributed by atoms with Gasteiger partial charge in [0.15, 0.2) is 5.96 Å². The summed E-state index contributed by atoms with van der Waals surface area (Å²) in [7, 11) is 0. The molecule has 29 heavy (non-hydrogen) atoms. The SMILES string of the molecule is CCNC(=NCc1ccccc1Cn1cccn1)NCc1c(CC)noc1CC. The highest BCUT2D eigenvalue weighted by Gasteiger charge is 2.13. The van der Waals surface area contributed by atoms with E-state index < -0.39 is 0 Å². The Morgan fingerprint density at radius 1 is 1.07 bits per heavy atom. The molecule has 0 aliphatic rings. The minimum Gasteiger partial charge on any atom is -0.361 e. The van der Waals surface area contributed by atoms with E-state index in [1.807, 2.05) is 16.9 Å². The lowest BCUT2D eigenvalue weighted by Crippen LogP contribution is -2.37. The van der Waals surface area contributed by atoms with Crippen LogP contribution in [0, 0.1) is 0 Å². The number of rotatable bonds is 9. The molecule has 3 rings (SSSR count). The normalized spacial score (nSPS) is 11.6. The average Bonchev–Trinajstić information content (AvgIpc) is 3.40. The van der Waals surface area contributed by atoms with Crippen LogP contribution in [0.1, 0.15) is 48.9 Å². The fourth-order valence-electron chi connectivity index (χ4n) is 3.25. The van der Waals surface area contributed by atoms with Crippen LogP contribution in [0.5, 0.6) is 0 Å². The van der Waals surface area contributed by atoms with Gasteiger partial charge >= 0.3 is 0 Å². The summed E-state index contributed by atoms with van der Waals surface area (Å²) in [6, 6.07) is 10.3. The Morgan fingerprint density at radius 2 is 1.90 bits per heavy atom. The van der Waals surface area contributed by atoms with Gasteiger partial charge in [0.2, 0.25) is 0 Å². The molecule has 1 aromatic carbocycles. The third-order valence-corrected chi connectivity index (χ3v) is 4.80. The zero-order chi connectivity index (χ0) is 20.5. The van der Waals surface area contributed by atoms with Crippen LogP contribution in [0.4, 0.5) is 0 Å². The second-order valence-electron chi connectivity index (χ2n) is 6.76. The van der Waals surface area contributed by atoms with E-state index in [1.165, 1.54) is 11.1 Å². The Kier molecular flexibility index (Phi) is 7.44. The van der Waals surface area contributed by atoms with Crippen molar-refractivity contribution in [1.82, 2.24) is 25.6 Å². The van der Waals surface area contributed by atoms with E-state index >= 15 is 0 Å². The molecule has 3 aromatic rings. The number of benzene rings is 1. The van der Waals surface area contributed by atoms with Gasteiger partial charge in [-0.05, 0) is 30.5 Å². The smallest absolute Gasteiger partial charge is 0.191 e. The first-order chi connectivity index (χ1) is 14.2. The lowest BCUT2D eigenvalue weighted by atomic mass is 10.1. The van der Waals surface area contributed by atoms with Gasteiger partial charge in [-0.25, -0.2) is 4.99 Å². The zero-order valence-corrected chi connectivity index (χ0v) is 17.5. The van der Waals surface area contributed by atoms with E-state index in [-0.39, 0.29) is 0 Å². The number of aryl methyl sites for hydroxylation is 2. The first-order valence-corrected chi connectivity index (χ1v) is 10.3. The molecule has 0 amide bonds. The molecule has 2 heterocycles. The van der Waals surface area contributed by atoms with Crippen LogP contribution in [0.3, 0.4) is 0 Å². The van der Waals surface area contributed by atoms with Gasteiger partial charge in [-0.2, -0.15) is 5.10 Å². The fraction of sp³-hybridized carbons (Fsp3) is 0.409. The van der Waals surface area contributed by atoms with E-state index in [9.17, 15) is 0 Å². The highest BCUT2D eigenvalue weighted by Crippen LogP contribution is 2.15. The molecule has 0 fully saturated rings. The van der Waals surface area contributed by atoms with Gasteiger partial charge in [0.25, 0.3) is 0 Å². The third-order valence-electron chi connectivity index (χ3n) is 4.80. The van der Waals surface area contributed by atoms with Crippen LogP contribution < -0.4 is 10.6 Å². The largest absolute Gasteiger partial charge is 0.361 e. The Balaban J connectivity index is 1.71. The summed E-state index contributed by atoms with van der Waals surface area (Å²) < 4.78 is 7.39. The Bertz CT molecular complexity index is 892. The van der Waals surface area contributed by atoms with Crippen LogP contribution in [-0.2, 0) is 32.5 Å². The van der Waals surface area contributed by atoms with Gasteiger partial charge in [-0.3, -0.25) is 4.68 Å². The van der Waals surface area contributed by atoms with Gasteiger partial charge in [0, 0.05) is 37.5 Å². The number of aromatic nitrogens is 3. The van der Waals surface area contributed by atoms with Gasteiger partial charge in [0.05, 0.1) is 18.8 Å². The Labute approximate surface area is 172 Å². The first kappa shape index (κ1) is 20.6. The van der Waals surface area contributed by atoms with Crippen molar-refractivity contribution in [2.24, 2.45) is 4.99 Å². The van der Waals surface area contributed by atoms with E-state index in [4.69, 9.17) is 9.52 Å². The molecule has 7 heteroatoms. The predicted molar refractivity (Wildman–Crippen MR) is 115 cm³/mol. The topological polar surface area (TPSA) is 80.3 Å². The number of nitrogens with one attached hydrogen (secondary N) is 2. The summed E-state index contributed by atoms with van der Waals surface area (Å²) in [6.07, 6.45) is 5.46. The Hall–Kier alpha value is -3.09. The highest BCUT2D eigenvalue weighted by molar-refractivity contribution is 5.79. The Morgan fingerprint density at radius 3 is 2.59 bits per heavy atom. The van der Waals surface area contributed by atoms with Crippen LogP contribution in [0.15, 0.2) is 52.2 Å². The summed E-state index contributed by atoms with van der Waals surface area (Å²) in [4.78, 5) is 4.80. The standard InChI is InChI=1S/C22H30N6O/c1-4-20-19(21(5-2)29-27-20)15-25-22(23-6-3)24-14-17-10-7-8-11-18(17)16-28-13-9-12-26-28/h7-13H,4-6,14-16H2,1-3H3,(H2,23,24,25). The highest BCUT2D eigenvalue weighted by atomic mass is 16.5. The molecular formula is C22H30N6O. The molecule has 2 aromatic heterocycles. The fourth-order valence-corrected chi connectivity index (χ4v) is 3.25. The minimum atomic E-state index is 0.595. The predicted octanol–water partition coefficient (Wildman–Crippen LogP) is 3.30. The third kappa shape index (κ3) is 5.47. The van der Waals surface area contributed by atoms with Crippen molar-refractivity contribution in [3.8, 4) is 0 Å². The first-order valence-electron chi connectivity index (χ1n) is 10.3. The van der Waals surface area contributed by atoms with Crippen LogP contribution in [0.2, 0.25) is 0 Å². The van der Waals surface area contributed by atoms with Crippen molar-refractivity contribution >= 4 is 5.96 Å². The summed E-state index contributed by atoms with van der Waals surface area (Å²) in [6.45, 7) is 9.02. The minimum absolute atomic E-state index is 0.595. The van der Waals surface area contributed by atoms with E-state index in [0.29, 0.717) is 13.1 Å². The van der Waals surface area contributed by atoms with Crippen molar-refractivity contribution in [1.29, 1.82) is 0 Å². The summed E-state index contributed by atoms with van der Waals surface area (Å²) in [5, 5.41) is 15.3. The lowest BCUT2D eigenvalue weighted by molar-refractivity contribution is 0.380. The maximum atomic E-state index is 5.46. The molecule has 0 spiro atoms. The van der Waals surface area contributed by atoms with Gasteiger partial charge in [0.1, 0.15) is 5.76 Å². The monoisotopic (exact) mass is 394 g/mol. The quantitative estimate of drug-likeness (QED) is 0.430. The van der Waals surface area contributed by atoms with Crippen molar-refractivity contribution in [3.05, 3.63) is 70.9 Å². The molecule has 0 radical (unpaired) electrons. The molecule has 0 bridgehead atoms. The number of aliphatic imine (C=N–C) groups is 1. The number of guanidine groups is 1. The maximum Gasteiger partial charge on any atom is 0.191 e. The van der Waals surface area contributed by atoms with Crippen molar-refractivity contribution in [2.45, 2.75) is 53.2 Å². The maximum absolute atomic E-state index is 5.46. The molecule has 2 N–H and O–H groups in total. The molecule has 154 valence electrons. The average molecular weight is 395 g/mol. The van der Waals surface area contributed by atoms with E-state index in [1.54, 1.807) is 6.20 Å². The second-order valence-corrected chi connectivity index (χ2v) is 6.76. The molecule has 0 atom stereocenters. The summed E-state index contributed by atoms with van der Waals surface area (Å²) >= 11 is 0.